The van der Waals surface area contributed by atoms with E-state index in [1.165, 1.54) is 5.56 Å². The van der Waals surface area contributed by atoms with Gasteiger partial charge in [0.2, 0.25) is 5.91 Å². The Bertz CT molecular complexity index is 1170. The van der Waals surface area contributed by atoms with Crippen LogP contribution in [0, 0.1) is 0 Å². The number of amides is 2. The molecule has 4 rings (SSSR count). The number of nitrogens with one attached hydrogen (secondary N) is 1. The Balaban J connectivity index is 1.45. The van der Waals surface area contributed by atoms with Gasteiger partial charge in [-0.05, 0) is 53.4 Å². The van der Waals surface area contributed by atoms with E-state index in [1.54, 1.807) is 14.2 Å². The van der Waals surface area contributed by atoms with E-state index < -0.39 is 0 Å². The molecule has 33 heavy (non-hydrogen) atoms. The summed E-state index contributed by atoms with van der Waals surface area (Å²) in [5, 5.41) is 2.94. The molecule has 0 radical (unpaired) electrons. The molecule has 170 valence electrons. The maximum absolute atomic E-state index is 12.7. The summed E-state index contributed by atoms with van der Waals surface area (Å²) in [7, 11) is 3.17. The second-order valence-electron chi connectivity index (χ2n) is 7.91. The zero-order chi connectivity index (χ0) is 23.4. The fourth-order valence-electron chi connectivity index (χ4n) is 4.22. The van der Waals surface area contributed by atoms with Crippen LogP contribution in [0.4, 0.5) is 5.69 Å². The molecule has 1 aliphatic rings. The van der Waals surface area contributed by atoms with E-state index in [2.05, 4.69) is 11.4 Å². The van der Waals surface area contributed by atoms with Gasteiger partial charge in [-0.1, -0.05) is 37.3 Å². The summed E-state index contributed by atoms with van der Waals surface area (Å²) in [5.74, 6) is 1.24. The molecule has 1 heterocycles. The third-order valence-electron chi connectivity index (χ3n) is 5.98. The number of rotatable bonds is 7. The molecule has 0 saturated heterocycles. The Morgan fingerprint density at radius 1 is 0.970 bits per heavy atom. The Hall–Kier alpha value is -3.80. The quantitative estimate of drug-likeness (QED) is 0.578. The van der Waals surface area contributed by atoms with Crippen molar-refractivity contribution < 1.29 is 19.1 Å². The number of carbonyl (C=O) groups is 2. The first-order valence-electron chi connectivity index (χ1n) is 11.1. The van der Waals surface area contributed by atoms with Crippen molar-refractivity contribution in [3.8, 4) is 22.6 Å². The van der Waals surface area contributed by atoms with Gasteiger partial charge in [0.15, 0.2) is 11.5 Å². The standard InChI is InChI=1S/C27H28N2O4/c1-4-25(30)29-15-14-21-16-20(12-13-23(21)29)18-8-10-19(11-9-18)27(31)28-17-22-6-5-7-24(32-2)26(22)33-3/h5-13,16H,4,14-15,17H2,1-3H3,(H,28,31). The predicted octanol–water partition coefficient (Wildman–Crippen LogP) is 4.60. The third-order valence-corrected chi connectivity index (χ3v) is 5.98. The van der Waals surface area contributed by atoms with E-state index in [-0.39, 0.29) is 11.8 Å². The summed E-state index contributed by atoms with van der Waals surface area (Å²) in [6, 6.07) is 19.3. The van der Waals surface area contributed by atoms with Gasteiger partial charge in [-0.15, -0.1) is 0 Å². The number of hydrogen-bond donors (Lipinski definition) is 1. The number of carbonyl (C=O) groups excluding carboxylic acids is 2. The molecule has 0 spiro atoms. The van der Waals surface area contributed by atoms with Crippen LogP contribution < -0.4 is 19.7 Å². The highest BCUT2D eigenvalue weighted by molar-refractivity contribution is 5.96. The van der Waals surface area contributed by atoms with Crippen molar-refractivity contribution in [2.45, 2.75) is 26.3 Å². The van der Waals surface area contributed by atoms with Gasteiger partial charge in [0.05, 0.1) is 14.2 Å². The predicted molar refractivity (Wildman–Crippen MR) is 129 cm³/mol. The van der Waals surface area contributed by atoms with Crippen molar-refractivity contribution in [1.29, 1.82) is 0 Å². The van der Waals surface area contributed by atoms with Crippen LogP contribution in [0.3, 0.4) is 0 Å². The van der Waals surface area contributed by atoms with Crippen molar-refractivity contribution in [3.63, 3.8) is 0 Å². The van der Waals surface area contributed by atoms with E-state index in [9.17, 15) is 9.59 Å². The highest BCUT2D eigenvalue weighted by Crippen LogP contribution is 2.33. The van der Waals surface area contributed by atoms with Crippen LogP contribution in [-0.2, 0) is 17.8 Å². The van der Waals surface area contributed by atoms with E-state index in [4.69, 9.17) is 9.47 Å². The molecule has 0 unspecified atom stereocenters. The van der Waals surface area contributed by atoms with Crippen LogP contribution in [0.2, 0.25) is 0 Å². The fraction of sp³-hybridized carbons (Fsp3) is 0.259. The number of benzene rings is 3. The van der Waals surface area contributed by atoms with Gasteiger partial charge in [0.25, 0.3) is 5.91 Å². The smallest absolute Gasteiger partial charge is 0.251 e. The first-order valence-corrected chi connectivity index (χ1v) is 11.1. The minimum Gasteiger partial charge on any atom is -0.493 e. The Kier molecular flexibility index (Phi) is 6.63. The molecule has 0 aliphatic carbocycles. The van der Waals surface area contributed by atoms with Gasteiger partial charge in [-0.2, -0.15) is 0 Å². The molecule has 6 nitrogen and oxygen atoms in total. The highest BCUT2D eigenvalue weighted by Gasteiger charge is 2.23. The monoisotopic (exact) mass is 444 g/mol. The van der Waals surface area contributed by atoms with Crippen LogP contribution in [0.15, 0.2) is 60.7 Å². The number of nitrogens with zero attached hydrogens (tertiary/aromatic N) is 1. The number of ether oxygens (including phenoxy) is 2. The summed E-state index contributed by atoms with van der Waals surface area (Å²) >= 11 is 0. The van der Waals surface area contributed by atoms with Gasteiger partial charge in [-0.25, -0.2) is 0 Å². The molecular weight excluding hydrogens is 416 g/mol. The van der Waals surface area contributed by atoms with Gasteiger partial charge < -0.3 is 19.7 Å². The molecule has 1 aliphatic heterocycles. The Labute approximate surface area is 194 Å². The number of methoxy groups -OCH3 is 2. The average Bonchev–Trinajstić information content (AvgIpc) is 3.29. The first-order chi connectivity index (χ1) is 16.0. The van der Waals surface area contributed by atoms with Crippen LogP contribution in [-0.4, -0.2) is 32.6 Å². The second kappa shape index (κ2) is 9.77. The molecule has 2 amide bonds. The zero-order valence-corrected chi connectivity index (χ0v) is 19.2. The summed E-state index contributed by atoms with van der Waals surface area (Å²) < 4.78 is 10.7. The van der Waals surface area contributed by atoms with Crippen molar-refractivity contribution in [3.05, 3.63) is 77.4 Å². The van der Waals surface area contributed by atoms with Crippen LogP contribution in [0.5, 0.6) is 11.5 Å². The fourth-order valence-corrected chi connectivity index (χ4v) is 4.22. The van der Waals surface area contributed by atoms with Gasteiger partial charge in [0.1, 0.15) is 0 Å². The second-order valence-corrected chi connectivity index (χ2v) is 7.91. The largest absolute Gasteiger partial charge is 0.493 e. The molecule has 3 aromatic rings. The Morgan fingerprint density at radius 2 is 1.73 bits per heavy atom. The number of para-hydroxylation sites is 1. The zero-order valence-electron chi connectivity index (χ0n) is 19.2. The SMILES string of the molecule is CCC(=O)N1CCc2cc(-c3ccc(C(=O)NCc4cccc(OC)c4OC)cc3)ccc21. The molecule has 0 saturated carbocycles. The maximum atomic E-state index is 12.7. The van der Waals surface area contributed by atoms with Crippen LogP contribution in [0.1, 0.15) is 34.8 Å². The van der Waals surface area contributed by atoms with E-state index in [0.29, 0.717) is 30.0 Å². The summed E-state index contributed by atoms with van der Waals surface area (Å²) in [4.78, 5) is 26.7. The lowest BCUT2D eigenvalue weighted by Gasteiger charge is -2.16. The van der Waals surface area contributed by atoms with E-state index in [0.717, 1.165) is 35.3 Å². The highest BCUT2D eigenvalue weighted by atomic mass is 16.5. The lowest BCUT2D eigenvalue weighted by Crippen LogP contribution is -2.27. The van der Waals surface area contributed by atoms with E-state index in [1.807, 2.05) is 66.4 Å². The molecular formula is C27H28N2O4. The van der Waals surface area contributed by atoms with Crippen molar-refractivity contribution in [2.75, 3.05) is 25.7 Å². The number of anilines is 1. The van der Waals surface area contributed by atoms with Crippen LogP contribution in [0.25, 0.3) is 11.1 Å². The minimum absolute atomic E-state index is 0.156. The van der Waals surface area contributed by atoms with Crippen LogP contribution >= 0.6 is 0 Å². The molecule has 0 aromatic heterocycles. The lowest BCUT2D eigenvalue weighted by molar-refractivity contribution is -0.118. The normalized spacial score (nSPS) is 12.3. The maximum Gasteiger partial charge on any atom is 0.251 e. The number of hydrogen-bond acceptors (Lipinski definition) is 4. The third kappa shape index (κ3) is 4.55. The molecule has 6 heteroatoms. The van der Waals surface area contributed by atoms with Gasteiger partial charge >= 0.3 is 0 Å². The van der Waals surface area contributed by atoms with Crippen molar-refractivity contribution in [1.82, 2.24) is 5.32 Å². The topological polar surface area (TPSA) is 67.9 Å². The summed E-state index contributed by atoms with van der Waals surface area (Å²) in [6.07, 6.45) is 1.37. The first kappa shape index (κ1) is 22.4. The number of fused-ring (bicyclic) bond motifs is 1. The molecule has 1 N–H and O–H groups in total. The Morgan fingerprint density at radius 3 is 2.42 bits per heavy atom. The lowest BCUT2D eigenvalue weighted by atomic mass is 10.0. The van der Waals surface area contributed by atoms with Gasteiger partial charge in [0, 0.05) is 36.3 Å². The summed E-state index contributed by atoms with van der Waals surface area (Å²) in [5.41, 5.74) is 5.73. The summed E-state index contributed by atoms with van der Waals surface area (Å²) in [6.45, 7) is 2.96. The molecule has 0 fully saturated rings. The van der Waals surface area contributed by atoms with Gasteiger partial charge in [-0.3, -0.25) is 9.59 Å². The van der Waals surface area contributed by atoms with Crippen molar-refractivity contribution >= 4 is 17.5 Å². The van der Waals surface area contributed by atoms with E-state index >= 15 is 0 Å². The average molecular weight is 445 g/mol. The molecule has 3 aromatic carbocycles. The molecule has 0 bridgehead atoms. The molecule has 0 atom stereocenters. The minimum atomic E-state index is -0.158. The van der Waals surface area contributed by atoms with Crippen molar-refractivity contribution in [2.24, 2.45) is 0 Å².